The number of nitrogens with one attached hydrogen (secondary N) is 1. The largest absolute Gasteiger partial charge is 0.290 e. The first-order chi connectivity index (χ1) is 12.9. The van der Waals surface area contributed by atoms with Gasteiger partial charge in [-0.2, -0.15) is 0 Å². The SMILES string of the molecule is CS(=O)(=O)N(Cc1nonc1C(=Nc1cccc(C(F)F)c1)NO)S(C)(=O)=O. The third-order valence-electron chi connectivity index (χ3n) is 3.27. The highest BCUT2D eigenvalue weighted by Gasteiger charge is 2.30. The van der Waals surface area contributed by atoms with E-state index in [-0.39, 0.29) is 26.3 Å². The van der Waals surface area contributed by atoms with E-state index in [1.165, 1.54) is 18.2 Å². The van der Waals surface area contributed by atoms with Gasteiger partial charge in [-0.3, -0.25) is 10.7 Å². The molecule has 11 nitrogen and oxygen atoms in total. The first-order valence-corrected chi connectivity index (χ1v) is 11.0. The Morgan fingerprint density at radius 1 is 1.25 bits per heavy atom. The zero-order chi connectivity index (χ0) is 21.1. The van der Waals surface area contributed by atoms with E-state index < -0.39 is 38.9 Å². The van der Waals surface area contributed by atoms with Crippen LogP contribution < -0.4 is 5.48 Å². The van der Waals surface area contributed by atoms with Crippen LogP contribution in [-0.4, -0.2) is 54.4 Å². The number of sulfonamides is 2. The lowest BCUT2D eigenvalue weighted by atomic mass is 10.2. The van der Waals surface area contributed by atoms with Gasteiger partial charge in [-0.25, -0.2) is 35.2 Å². The van der Waals surface area contributed by atoms with E-state index in [4.69, 9.17) is 0 Å². The fourth-order valence-electron chi connectivity index (χ4n) is 2.08. The third kappa shape index (κ3) is 5.28. The summed E-state index contributed by atoms with van der Waals surface area (Å²) >= 11 is 0. The molecule has 154 valence electrons. The van der Waals surface area contributed by atoms with Gasteiger partial charge in [0, 0.05) is 5.56 Å². The summed E-state index contributed by atoms with van der Waals surface area (Å²) in [4.78, 5) is 3.90. The lowest BCUT2D eigenvalue weighted by molar-refractivity contribution is 0.151. The van der Waals surface area contributed by atoms with Crippen LogP contribution in [0.2, 0.25) is 0 Å². The van der Waals surface area contributed by atoms with Crippen LogP contribution in [-0.2, 0) is 26.6 Å². The molecule has 0 aliphatic heterocycles. The summed E-state index contributed by atoms with van der Waals surface area (Å²) in [5, 5.41) is 16.2. The Labute approximate surface area is 158 Å². The first kappa shape index (κ1) is 21.8. The normalized spacial score (nSPS) is 13.3. The Balaban J connectivity index is 2.46. The Bertz CT molecular complexity index is 1050. The number of benzene rings is 1. The van der Waals surface area contributed by atoms with Crippen LogP contribution in [0.4, 0.5) is 14.5 Å². The predicted molar refractivity (Wildman–Crippen MR) is 92.0 cm³/mol. The highest BCUT2D eigenvalue weighted by Crippen LogP contribution is 2.24. The molecule has 1 aromatic carbocycles. The van der Waals surface area contributed by atoms with Crippen molar-refractivity contribution in [2.75, 3.05) is 12.5 Å². The number of amidine groups is 1. The van der Waals surface area contributed by atoms with Crippen molar-refractivity contribution >= 4 is 31.6 Å². The van der Waals surface area contributed by atoms with Crippen LogP contribution in [0.3, 0.4) is 0 Å². The average Bonchev–Trinajstić information content (AvgIpc) is 3.04. The smallest absolute Gasteiger partial charge is 0.263 e. The molecule has 0 saturated carbocycles. The number of aromatic nitrogens is 2. The lowest BCUT2D eigenvalue weighted by Gasteiger charge is -2.16. The summed E-state index contributed by atoms with van der Waals surface area (Å²) in [7, 11) is -8.38. The molecule has 0 spiro atoms. The molecule has 2 rings (SSSR count). The minimum Gasteiger partial charge on any atom is -0.290 e. The standard InChI is InChI=1S/C13H15F2N5O6S2/c1-27(22,23)20(28(2,24)25)7-10-11(19-26-18-10)13(17-21)16-9-5-3-4-8(6-9)12(14)15/h3-6,12,21H,7H2,1-2H3,(H,16,17). The molecule has 0 saturated heterocycles. The van der Waals surface area contributed by atoms with E-state index in [0.717, 1.165) is 6.07 Å². The molecule has 0 amide bonds. The van der Waals surface area contributed by atoms with Gasteiger partial charge >= 0.3 is 0 Å². The average molecular weight is 439 g/mol. The van der Waals surface area contributed by atoms with Crippen molar-refractivity contribution in [2.45, 2.75) is 13.0 Å². The lowest BCUT2D eigenvalue weighted by Crippen LogP contribution is -2.35. The van der Waals surface area contributed by atoms with Gasteiger partial charge in [-0.1, -0.05) is 21.0 Å². The number of hydroxylamine groups is 1. The molecule has 0 aliphatic carbocycles. The summed E-state index contributed by atoms with van der Waals surface area (Å²) < 4.78 is 77.2. The second kappa shape index (κ2) is 8.26. The molecule has 1 aromatic heterocycles. The van der Waals surface area contributed by atoms with Crippen molar-refractivity contribution in [3.63, 3.8) is 0 Å². The predicted octanol–water partition coefficient (Wildman–Crippen LogP) is 0.785. The van der Waals surface area contributed by atoms with Crippen LogP contribution in [0, 0.1) is 0 Å². The minimum absolute atomic E-state index is 0.00591. The van der Waals surface area contributed by atoms with Crippen LogP contribution in [0.1, 0.15) is 23.4 Å². The van der Waals surface area contributed by atoms with Gasteiger partial charge in [-0.05, 0) is 17.3 Å². The van der Waals surface area contributed by atoms with E-state index in [2.05, 4.69) is 19.9 Å². The number of halogens is 2. The second-order valence-electron chi connectivity index (χ2n) is 5.48. The zero-order valence-electron chi connectivity index (χ0n) is 14.4. The molecule has 2 aromatic rings. The van der Waals surface area contributed by atoms with Crippen molar-refractivity contribution in [1.82, 2.24) is 19.5 Å². The molecule has 0 bridgehead atoms. The number of rotatable bonds is 7. The Morgan fingerprint density at radius 3 is 2.43 bits per heavy atom. The highest BCUT2D eigenvalue weighted by atomic mass is 32.3. The van der Waals surface area contributed by atoms with Crippen molar-refractivity contribution in [3.05, 3.63) is 41.2 Å². The summed E-state index contributed by atoms with van der Waals surface area (Å²) in [6.07, 6.45) is -1.39. The number of aliphatic imine (C=N–C) groups is 1. The fraction of sp³-hybridized carbons (Fsp3) is 0.308. The molecule has 28 heavy (non-hydrogen) atoms. The topological polar surface area (TPSA) is 155 Å². The number of hydrogen-bond acceptors (Lipinski definition) is 9. The maximum Gasteiger partial charge on any atom is 0.263 e. The Kier molecular flexibility index (Phi) is 6.43. The van der Waals surface area contributed by atoms with E-state index >= 15 is 0 Å². The van der Waals surface area contributed by atoms with Crippen molar-refractivity contribution in [2.24, 2.45) is 4.99 Å². The quantitative estimate of drug-likeness (QED) is 0.362. The van der Waals surface area contributed by atoms with Gasteiger partial charge < -0.3 is 0 Å². The molecule has 0 atom stereocenters. The monoisotopic (exact) mass is 439 g/mol. The molecule has 2 N–H and O–H groups in total. The Hall–Kier alpha value is -2.49. The van der Waals surface area contributed by atoms with Gasteiger partial charge in [-0.15, -0.1) is 0 Å². The molecule has 0 fully saturated rings. The molecule has 0 radical (unpaired) electrons. The van der Waals surface area contributed by atoms with Gasteiger partial charge in [0.15, 0.2) is 11.5 Å². The molecular formula is C13H15F2N5O6S2. The number of nitrogens with zero attached hydrogens (tertiary/aromatic N) is 4. The zero-order valence-corrected chi connectivity index (χ0v) is 16.1. The maximum absolute atomic E-state index is 12.8. The van der Waals surface area contributed by atoms with Crippen molar-refractivity contribution < 1.29 is 35.5 Å². The summed E-state index contributed by atoms with van der Waals surface area (Å²) in [5.74, 6) is -0.426. The second-order valence-corrected chi connectivity index (χ2v) is 9.53. The minimum atomic E-state index is -4.19. The van der Waals surface area contributed by atoms with Crippen LogP contribution >= 0.6 is 0 Å². The van der Waals surface area contributed by atoms with E-state index in [1.54, 1.807) is 5.48 Å². The summed E-state index contributed by atoms with van der Waals surface area (Å²) in [5.41, 5.74) is 0.751. The molecule has 0 unspecified atom stereocenters. The Morgan fingerprint density at radius 2 is 1.89 bits per heavy atom. The maximum atomic E-state index is 12.8. The van der Waals surface area contributed by atoms with Crippen LogP contribution in [0.25, 0.3) is 0 Å². The van der Waals surface area contributed by atoms with Gasteiger partial charge in [0.05, 0.1) is 24.7 Å². The fourth-order valence-corrected chi connectivity index (χ4v) is 4.76. The van der Waals surface area contributed by atoms with Crippen LogP contribution in [0.15, 0.2) is 33.9 Å². The van der Waals surface area contributed by atoms with Gasteiger partial charge in [0.2, 0.25) is 20.0 Å². The summed E-state index contributed by atoms with van der Waals surface area (Å²) in [6.45, 7) is -0.783. The first-order valence-electron chi connectivity index (χ1n) is 7.30. The molecular weight excluding hydrogens is 424 g/mol. The number of alkyl halides is 2. The molecule has 15 heteroatoms. The molecule has 0 aliphatic rings. The van der Waals surface area contributed by atoms with E-state index in [1.807, 2.05) is 0 Å². The number of hydrogen-bond donors (Lipinski definition) is 2. The van der Waals surface area contributed by atoms with E-state index in [0.29, 0.717) is 12.5 Å². The van der Waals surface area contributed by atoms with Crippen LogP contribution in [0.5, 0.6) is 0 Å². The van der Waals surface area contributed by atoms with Crippen molar-refractivity contribution in [1.29, 1.82) is 0 Å². The third-order valence-corrected chi connectivity index (χ3v) is 6.63. The molecule has 1 heterocycles. The van der Waals surface area contributed by atoms with Gasteiger partial charge in [0.1, 0.15) is 5.69 Å². The van der Waals surface area contributed by atoms with Gasteiger partial charge in [0.25, 0.3) is 6.43 Å². The highest BCUT2D eigenvalue weighted by molar-refractivity contribution is 8.03. The summed E-state index contributed by atoms with van der Waals surface area (Å²) in [6, 6.07) is 4.89. The van der Waals surface area contributed by atoms with E-state index in [9.17, 15) is 30.8 Å². The van der Waals surface area contributed by atoms with Crippen molar-refractivity contribution in [3.8, 4) is 0 Å².